The number of ether oxygens (including phenoxy) is 2. The van der Waals surface area contributed by atoms with Gasteiger partial charge in [-0.25, -0.2) is 4.79 Å². The van der Waals surface area contributed by atoms with Gasteiger partial charge < -0.3 is 24.8 Å². The summed E-state index contributed by atoms with van der Waals surface area (Å²) in [5.74, 6) is 1.75. The molecule has 2 N–H and O–H groups in total. The summed E-state index contributed by atoms with van der Waals surface area (Å²) in [6.07, 6.45) is 4.50. The molecule has 0 bridgehead atoms. The van der Waals surface area contributed by atoms with E-state index in [-0.39, 0.29) is 23.6 Å². The van der Waals surface area contributed by atoms with Crippen molar-refractivity contribution in [2.45, 2.75) is 49.7 Å². The predicted molar refractivity (Wildman–Crippen MR) is 141 cm³/mol. The van der Waals surface area contributed by atoms with Crippen molar-refractivity contribution in [1.29, 1.82) is 5.26 Å². The number of fused-ring (bicyclic) bond motifs is 1. The van der Waals surface area contributed by atoms with Crippen LogP contribution in [0.3, 0.4) is 0 Å². The van der Waals surface area contributed by atoms with Crippen LogP contribution in [0.15, 0.2) is 42.5 Å². The Morgan fingerprint density at radius 3 is 2.65 bits per heavy atom. The van der Waals surface area contributed by atoms with E-state index in [4.69, 9.17) is 9.47 Å². The molecule has 8 nitrogen and oxygen atoms in total. The Bertz CT molecular complexity index is 1160. The highest BCUT2D eigenvalue weighted by Crippen LogP contribution is 2.62. The summed E-state index contributed by atoms with van der Waals surface area (Å²) in [5, 5.41) is 22.4. The minimum atomic E-state index is -0.280. The number of nitriles is 1. The van der Waals surface area contributed by atoms with Crippen molar-refractivity contribution in [2.24, 2.45) is 5.92 Å². The Morgan fingerprint density at radius 1 is 1.22 bits per heavy atom. The van der Waals surface area contributed by atoms with E-state index < -0.39 is 0 Å². The van der Waals surface area contributed by atoms with Gasteiger partial charge in [-0.1, -0.05) is 12.1 Å². The molecule has 0 radical (unpaired) electrons. The smallest absolute Gasteiger partial charge is 0.322 e. The highest BCUT2D eigenvalue weighted by molar-refractivity contribution is 5.90. The summed E-state index contributed by atoms with van der Waals surface area (Å²) < 4.78 is 10.7. The van der Waals surface area contributed by atoms with Crippen molar-refractivity contribution in [1.82, 2.24) is 9.80 Å². The number of nitrogens with one attached hydrogen (secondary N) is 1. The lowest BCUT2D eigenvalue weighted by Crippen LogP contribution is -2.48. The third-order valence-corrected chi connectivity index (χ3v) is 8.49. The predicted octanol–water partition coefficient (Wildman–Crippen LogP) is 3.99. The average molecular weight is 505 g/mol. The molecule has 3 fully saturated rings. The zero-order valence-electron chi connectivity index (χ0n) is 21.7. The van der Waals surface area contributed by atoms with Crippen LogP contribution in [0.1, 0.15) is 43.2 Å². The van der Waals surface area contributed by atoms with Crippen LogP contribution < -0.4 is 14.8 Å². The monoisotopic (exact) mass is 504 g/mol. The Balaban J connectivity index is 1.31. The second kappa shape index (κ2) is 10.6. The Morgan fingerprint density at radius 2 is 2.00 bits per heavy atom. The van der Waals surface area contributed by atoms with E-state index in [1.54, 1.807) is 32.4 Å². The zero-order valence-corrected chi connectivity index (χ0v) is 21.7. The fraction of sp³-hybridized carbons (Fsp3) is 0.517. The molecule has 196 valence electrons. The summed E-state index contributed by atoms with van der Waals surface area (Å²) in [6.45, 7) is 2.86. The van der Waals surface area contributed by atoms with Crippen LogP contribution in [-0.4, -0.2) is 73.5 Å². The summed E-state index contributed by atoms with van der Waals surface area (Å²) in [4.78, 5) is 17.9. The lowest BCUT2D eigenvalue weighted by Gasteiger charge is -2.37. The third kappa shape index (κ3) is 5.39. The van der Waals surface area contributed by atoms with E-state index >= 15 is 0 Å². The quantitative estimate of drug-likeness (QED) is 0.564. The molecule has 0 aromatic heterocycles. The molecule has 2 aromatic carbocycles. The minimum Gasteiger partial charge on any atom is -0.497 e. The molecule has 5 rings (SSSR count). The van der Waals surface area contributed by atoms with E-state index in [0.717, 1.165) is 45.2 Å². The minimum absolute atomic E-state index is 0.125. The van der Waals surface area contributed by atoms with Crippen LogP contribution in [0.5, 0.6) is 11.5 Å². The molecule has 1 unspecified atom stereocenters. The number of aliphatic hydroxyl groups excluding tert-OH is 1. The molecule has 1 saturated heterocycles. The van der Waals surface area contributed by atoms with E-state index in [1.165, 1.54) is 5.56 Å². The van der Waals surface area contributed by atoms with Crippen molar-refractivity contribution in [3.05, 3.63) is 53.6 Å². The molecule has 8 heteroatoms. The number of likely N-dealkylation sites (tertiary alicyclic amines) is 1. The molecule has 2 saturated carbocycles. The van der Waals surface area contributed by atoms with Crippen LogP contribution in [0.25, 0.3) is 0 Å². The van der Waals surface area contributed by atoms with Gasteiger partial charge in [0.25, 0.3) is 0 Å². The molecule has 1 aliphatic heterocycles. The van der Waals surface area contributed by atoms with Gasteiger partial charge in [0.05, 0.1) is 32.0 Å². The number of rotatable bonds is 8. The molecule has 37 heavy (non-hydrogen) atoms. The van der Waals surface area contributed by atoms with Gasteiger partial charge in [0.1, 0.15) is 11.5 Å². The number of carbonyl (C=O) groups excluding carboxylic acids is 1. The lowest BCUT2D eigenvalue weighted by atomic mass is 9.80. The molecule has 1 heterocycles. The average Bonchev–Trinajstić information content (AvgIpc) is 3.52. The van der Waals surface area contributed by atoms with Gasteiger partial charge in [0.15, 0.2) is 0 Å². The van der Waals surface area contributed by atoms with Crippen LogP contribution >= 0.6 is 0 Å². The first-order valence-electron chi connectivity index (χ1n) is 13.2. The standard InChI is InChI=1S/C29H36N4O4/c1-36-26-14-23(15-27(16-26)37-2)31-28(35)33(11-10-32-9-7-25(34)19-32)24-6-8-29(17-22(29)13-24)21-5-3-4-20(12-21)18-30/h3-5,12,14-16,22,24-25,34H,6-11,13,17,19H2,1-2H3,(H,31,35)/t22?,24-,25-,29-/m1/s1. The molecule has 3 aliphatic rings. The Kier molecular flexibility index (Phi) is 7.27. The maximum absolute atomic E-state index is 13.7. The summed E-state index contributed by atoms with van der Waals surface area (Å²) in [6, 6.07) is 15.7. The second-order valence-electron chi connectivity index (χ2n) is 10.6. The first-order valence-corrected chi connectivity index (χ1v) is 13.2. The topological polar surface area (TPSA) is 98.1 Å². The van der Waals surface area contributed by atoms with E-state index in [9.17, 15) is 15.2 Å². The molecular formula is C29H36N4O4. The number of amides is 2. The number of carbonyl (C=O) groups is 1. The van der Waals surface area contributed by atoms with Crippen LogP contribution in [0.4, 0.5) is 10.5 Å². The SMILES string of the molecule is COc1cc(NC(=O)N(CCN2CC[C@@H](O)C2)[C@@H]2CC[C@]3(c4cccc(C#N)c4)CC3C2)cc(OC)c1. The number of nitrogens with zero attached hydrogens (tertiary/aromatic N) is 3. The van der Waals surface area contributed by atoms with Crippen molar-refractivity contribution in [2.75, 3.05) is 45.7 Å². The fourth-order valence-electron chi connectivity index (χ4n) is 6.34. The number of urea groups is 1. The van der Waals surface area contributed by atoms with Gasteiger partial charge in [-0.15, -0.1) is 0 Å². The first kappa shape index (κ1) is 25.4. The van der Waals surface area contributed by atoms with E-state index in [0.29, 0.717) is 41.8 Å². The molecule has 2 amide bonds. The van der Waals surface area contributed by atoms with Crippen LogP contribution in [0.2, 0.25) is 0 Å². The van der Waals surface area contributed by atoms with Gasteiger partial charge in [-0.2, -0.15) is 5.26 Å². The van der Waals surface area contributed by atoms with Crippen LogP contribution in [0, 0.1) is 17.2 Å². The first-order chi connectivity index (χ1) is 17.9. The van der Waals surface area contributed by atoms with Gasteiger partial charge in [0.2, 0.25) is 0 Å². The largest absolute Gasteiger partial charge is 0.497 e. The van der Waals surface area contributed by atoms with Crippen molar-refractivity contribution < 1.29 is 19.4 Å². The summed E-state index contributed by atoms with van der Waals surface area (Å²) >= 11 is 0. The lowest BCUT2D eigenvalue weighted by molar-refractivity contribution is 0.142. The number of hydrogen-bond acceptors (Lipinski definition) is 6. The van der Waals surface area contributed by atoms with Gasteiger partial charge >= 0.3 is 6.03 Å². The van der Waals surface area contributed by atoms with Crippen molar-refractivity contribution >= 4 is 11.7 Å². The number of hydrogen-bond donors (Lipinski definition) is 2. The van der Waals surface area contributed by atoms with E-state index in [2.05, 4.69) is 22.4 Å². The summed E-state index contributed by atoms with van der Waals surface area (Å²) in [5.41, 5.74) is 2.75. The highest BCUT2D eigenvalue weighted by atomic mass is 16.5. The number of β-amino-alcohol motifs (C(OH)–C–C–N with tert-alkyl or cyclic N) is 1. The van der Waals surface area contributed by atoms with Gasteiger partial charge in [-0.3, -0.25) is 4.90 Å². The van der Waals surface area contributed by atoms with Crippen molar-refractivity contribution in [3.63, 3.8) is 0 Å². The van der Waals surface area contributed by atoms with Gasteiger partial charge in [-0.05, 0) is 61.1 Å². The molecule has 2 aromatic rings. The number of aliphatic hydroxyl groups is 1. The maximum atomic E-state index is 13.7. The third-order valence-electron chi connectivity index (χ3n) is 8.49. The zero-order chi connectivity index (χ0) is 26.0. The summed E-state index contributed by atoms with van der Waals surface area (Å²) in [7, 11) is 3.18. The maximum Gasteiger partial charge on any atom is 0.322 e. The number of methoxy groups -OCH3 is 2. The normalized spacial score (nSPS) is 26.6. The van der Waals surface area contributed by atoms with Crippen LogP contribution in [-0.2, 0) is 5.41 Å². The number of benzene rings is 2. The Labute approximate surface area is 218 Å². The second-order valence-corrected chi connectivity index (χ2v) is 10.6. The molecule has 2 aliphatic carbocycles. The molecular weight excluding hydrogens is 468 g/mol. The fourth-order valence-corrected chi connectivity index (χ4v) is 6.34. The Hall–Kier alpha value is -3.28. The highest BCUT2D eigenvalue weighted by Gasteiger charge is 2.58. The van der Waals surface area contributed by atoms with E-state index in [1.807, 2.05) is 23.1 Å². The molecule has 4 atom stereocenters. The van der Waals surface area contributed by atoms with Gasteiger partial charge in [0, 0.05) is 56.1 Å². The number of anilines is 1. The molecule has 0 spiro atoms. The van der Waals surface area contributed by atoms with Crippen molar-refractivity contribution in [3.8, 4) is 17.6 Å².